The van der Waals surface area contributed by atoms with Crippen molar-refractivity contribution in [2.75, 3.05) is 52.7 Å². The number of likely N-dealkylation sites (N-methyl/N-ethyl adjacent to an activating group) is 2. The third-order valence-corrected chi connectivity index (χ3v) is 4.45. The van der Waals surface area contributed by atoms with Crippen molar-refractivity contribution in [1.29, 1.82) is 0 Å². The minimum atomic E-state index is -0.172. The van der Waals surface area contributed by atoms with Crippen LogP contribution in [0.25, 0.3) is 0 Å². The van der Waals surface area contributed by atoms with Crippen LogP contribution in [-0.2, 0) is 4.74 Å². The lowest BCUT2D eigenvalue weighted by Crippen LogP contribution is -2.54. The Bertz CT molecular complexity index is 523. The Morgan fingerprint density at radius 3 is 2.91 bits per heavy atom. The van der Waals surface area contributed by atoms with Crippen LogP contribution in [0.2, 0.25) is 0 Å². The van der Waals surface area contributed by atoms with Gasteiger partial charge < -0.3 is 20.3 Å². The molecule has 0 bridgehead atoms. The zero-order valence-corrected chi connectivity index (χ0v) is 14.5. The molecule has 0 spiro atoms. The summed E-state index contributed by atoms with van der Waals surface area (Å²) < 4.78 is 5.31. The molecule has 1 aliphatic heterocycles. The highest BCUT2D eigenvalue weighted by atomic mass is 16.5. The normalized spacial score (nSPS) is 21.0. The number of hydrogen-bond acceptors (Lipinski definition) is 4. The van der Waals surface area contributed by atoms with Gasteiger partial charge in [-0.1, -0.05) is 12.1 Å². The number of piperazine rings is 1. The van der Waals surface area contributed by atoms with Crippen molar-refractivity contribution >= 4 is 11.7 Å². The molecular weight excluding hydrogens is 292 g/mol. The second-order valence-electron chi connectivity index (χ2n) is 6.24. The maximum absolute atomic E-state index is 12.1. The van der Waals surface area contributed by atoms with Crippen LogP contribution in [0, 0.1) is 0 Å². The maximum Gasteiger partial charge on any atom is 0.319 e. The van der Waals surface area contributed by atoms with E-state index in [2.05, 4.69) is 34.5 Å². The minimum Gasteiger partial charge on any atom is -0.377 e. The summed E-state index contributed by atoms with van der Waals surface area (Å²) >= 11 is 0. The number of carbonyl (C=O) groups is 1. The molecule has 1 aromatic rings. The second-order valence-corrected chi connectivity index (χ2v) is 6.24. The van der Waals surface area contributed by atoms with Crippen LogP contribution in [0.15, 0.2) is 24.3 Å². The molecular formula is C17H28N4O2. The molecule has 6 heteroatoms. The van der Waals surface area contributed by atoms with Crippen LogP contribution in [0.4, 0.5) is 10.5 Å². The van der Waals surface area contributed by atoms with Crippen molar-refractivity contribution in [3.63, 3.8) is 0 Å². The second kappa shape index (κ2) is 8.29. The number of amides is 2. The number of benzene rings is 1. The fraction of sp³-hybridized carbons (Fsp3) is 0.588. The fourth-order valence-electron chi connectivity index (χ4n) is 2.71. The third kappa shape index (κ3) is 5.20. The van der Waals surface area contributed by atoms with Crippen LogP contribution in [-0.4, -0.2) is 69.3 Å². The maximum atomic E-state index is 12.1. The molecule has 128 valence electrons. The largest absolute Gasteiger partial charge is 0.377 e. The Hall–Kier alpha value is -1.63. The lowest BCUT2D eigenvalue weighted by molar-refractivity contribution is 0.115. The summed E-state index contributed by atoms with van der Waals surface area (Å²) in [6.45, 7) is 5.69. The van der Waals surface area contributed by atoms with Gasteiger partial charge in [0.2, 0.25) is 0 Å². The molecule has 1 heterocycles. The molecule has 2 atom stereocenters. The van der Waals surface area contributed by atoms with Gasteiger partial charge in [0.1, 0.15) is 0 Å². The van der Waals surface area contributed by atoms with Gasteiger partial charge >= 0.3 is 6.03 Å². The molecule has 0 radical (unpaired) electrons. The molecule has 0 unspecified atom stereocenters. The van der Waals surface area contributed by atoms with Crippen molar-refractivity contribution < 1.29 is 9.53 Å². The number of ether oxygens (including phenoxy) is 1. The summed E-state index contributed by atoms with van der Waals surface area (Å²) in [6, 6.07) is 7.91. The predicted molar refractivity (Wildman–Crippen MR) is 92.8 cm³/mol. The Kier molecular flexibility index (Phi) is 6.38. The molecule has 2 amide bonds. The molecule has 1 aliphatic rings. The SMILES string of the molecule is CO[C@H](C)c1cccc(NC(=O)NC[C@@H]2CN(C)CCN2C)c1. The van der Waals surface area contributed by atoms with Crippen molar-refractivity contribution in [3.05, 3.63) is 29.8 Å². The van der Waals surface area contributed by atoms with E-state index in [0.29, 0.717) is 12.6 Å². The molecule has 0 aliphatic carbocycles. The average Bonchev–Trinajstić information content (AvgIpc) is 2.55. The molecule has 1 fully saturated rings. The van der Waals surface area contributed by atoms with Gasteiger partial charge in [0, 0.05) is 45.0 Å². The number of urea groups is 1. The van der Waals surface area contributed by atoms with Gasteiger partial charge in [-0.3, -0.25) is 4.90 Å². The lowest BCUT2D eigenvalue weighted by Gasteiger charge is -2.37. The molecule has 23 heavy (non-hydrogen) atoms. The number of carbonyl (C=O) groups excluding carboxylic acids is 1. The predicted octanol–water partition coefficient (Wildman–Crippen LogP) is 1.76. The fourth-order valence-corrected chi connectivity index (χ4v) is 2.71. The van der Waals surface area contributed by atoms with Gasteiger partial charge in [0.15, 0.2) is 0 Å². The highest BCUT2D eigenvalue weighted by Crippen LogP contribution is 2.19. The van der Waals surface area contributed by atoms with Crippen molar-refractivity contribution in [2.24, 2.45) is 0 Å². The first-order chi connectivity index (χ1) is 11.0. The van der Waals surface area contributed by atoms with Gasteiger partial charge in [0.05, 0.1) is 6.10 Å². The molecule has 6 nitrogen and oxygen atoms in total. The van der Waals surface area contributed by atoms with Gasteiger partial charge in [-0.25, -0.2) is 4.79 Å². The first kappa shape index (κ1) is 17.7. The Morgan fingerprint density at radius 2 is 2.17 bits per heavy atom. The van der Waals surface area contributed by atoms with Crippen molar-refractivity contribution in [1.82, 2.24) is 15.1 Å². The number of rotatable bonds is 5. The number of anilines is 1. The first-order valence-electron chi connectivity index (χ1n) is 8.06. The Balaban J connectivity index is 1.85. The minimum absolute atomic E-state index is 0.00577. The zero-order chi connectivity index (χ0) is 16.8. The van der Waals surface area contributed by atoms with E-state index in [-0.39, 0.29) is 12.1 Å². The van der Waals surface area contributed by atoms with Gasteiger partial charge in [-0.2, -0.15) is 0 Å². The van der Waals surface area contributed by atoms with E-state index in [4.69, 9.17) is 4.74 Å². The van der Waals surface area contributed by atoms with E-state index in [0.717, 1.165) is 30.9 Å². The number of methoxy groups -OCH3 is 1. The summed E-state index contributed by atoms with van der Waals surface area (Å²) in [5.41, 5.74) is 1.82. The topological polar surface area (TPSA) is 56.8 Å². The zero-order valence-electron chi connectivity index (χ0n) is 14.5. The number of hydrogen-bond donors (Lipinski definition) is 2. The van der Waals surface area contributed by atoms with E-state index in [9.17, 15) is 4.79 Å². The van der Waals surface area contributed by atoms with Crippen LogP contribution < -0.4 is 10.6 Å². The number of nitrogens with zero attached hydrogens (tertiary/aromatic N) is 2. The molecule has 0 aromatic heterocycles. The van der Waals surface area contributed by atoms with Gasteiger partial charge in [0.25, 0.3) is 0 Å². The van der Waals surface area contributed by atoms with Crippen LogP contribution >= 0.6 is 0 Å². The lowest BCUT2D eigenvalue weighted by atomic mass is 10.1. The van der Waals surface area contributed by atoms with Crippen LogP contribution in [0.1, 0.15) is 18.6 Å². The summed E-state index contributed by atoms with van der Waals surface area (Å²) in [6.07, 6.45) is 0.00577. The molecule has 0 saturated carbocycles. The number of nitrogens with one attached hydrogen (secondary N) is 2. The van der Waals surface area contributed by atoms with E-state index in [1.165, 1.54) is 0 Å². The van der Waals surface area contributed by atoms with E-state index >= 15 is 0 Å². The molecule has 1 saturated heterocycles. The van der Waals surface area contributed by atoms with E-state index in [1.54, 1.807) is 7.11 Å². The first-order valence-corrected chi connectivity index (χ1v) is 8.06. The van der Waals surface area contributed by atoms with Crippen molar-refractivity contribution in [3.8, 4) is 0 Å². The van der Waals surface area contributed by atoms with Gasteiger partial charge in [-0.15, -0.1) is 0 Å². The quantitative estimate of drug-likeness (QED) is 0.868. The average molecular weight is 320 g/mol. The Morgan fingerprint density at radius 1 is 1.39 bits per heavy atom. The summed E-state index contributed by atoms with van der Waals surface area (Å²) in [5.74, 6) is 0. The molecule has 1 aromatic carbocycles. The van der Waals surface area contributed by atoms with E-state index in [1.807, 2.05) is 31.2 Å². The van der Waals surface area contributed by atoms with E-state index < -0.39 is 0 Å². The van der Waals surface area contributed by atoms with Crippen LogP contribution in [0.5, 0.6) is 0 Å². The summed E-state index contributed by atoms with van der Waals surface area (Å²) in [5, 5.41) is 5.85. The van der Waals surface area contributed by atoms with Crippen LogP contribution in [0.3, 0.4) is 0 Å². The summed E-state index contributed by atoms with van der Waals surface area (Å²) in [4.78, 5) is 16.7. The standard InChI is InChI=1S/C17H28N4O2/c1-13(23-4)14-6-5-7-15(10-14)19-17(22)18-11-16-12-20(2)8-9-21(16)3/h5-7,10,13,16H,8-9,11-12H2,1-4H3,(H2,18,19,22)/t13-,16-/m1/s1. The monoisotopic (exact) mass is 320 g/mol. The highest BCUT2D eigenvalue weighted by molar-refractivity contribution is 5.89. The Labute approximate surface area is 138 Å². The summed E-state index contributed by atoms with van der Waals surface area (Å²) in [7, 11) is 5.89. The van der Waals surface area contributed by atoms with Gasteiger partial charge in [-0.05, 0) is 38.7 Å². The van der Waals surface area contributed by atoms with Crippen molar-refractivity contribution in [2.45, 2.75) is 19.1 Å². The highest BCUT2D eigenvalue weighted by Gasteiger charge is 2.22. The molecule has 2 N–H and O–H groups in total. The molecule has 2 rings (SSSR count). The third-order valence-electron chi connectivity index (χ3n) is 4.45. The smallest absolute Gasteiger partial charge is 0.319 e.